The average molecular weight is 492 g/mol. The van der Waals surface area contributed by atoms with E-state index in [-0.39, 0.29) is 5.91 Å². The molecule has 29 heavy (non-hydrogen) atoms. The predicted octanol–water partition coefficient (Wildman–Crippen LogP) is 4.90. The van der Waals surface area contributed by atoms with E-state index in [4.69, 9.17) is 16.6 Å². The van der Waals surface area contributed by atoms with E-state index in [0.717, 1.165) is 52.1 Å². The van der Waals surface area contributed by atoms with Crippen LogP contribution in [0.5, 0.6) is 0 Å². The standard InChI is InChI=1S/C21H20BrClN4OS/c22-18-5-2-1-4-17(18)20(28)26-10-3-11-27(13-12-26)21-24-19(25-29-21)14-15-6-8-16(23)9-7-15/h1-2,4-9H,3,10-14H2. The molecule has 0 radical (unpaired) electrons. The molecule has 0 aliphatic carbocycles. The van der Waals surface area contributed by atoms with E-state index in [9.17, 15) is 4.79 Å². The molecule has 1 saturated heterocycles. The van der Waals surface area contributed by atoms with Crippen molar-refractivity contribution in [3.8, 4) is 0 Å². The van der Waals surface area contributed by atoms with Crippen LogP contribution in [0, 0.1) is 0 Å². The summed E-state index contributed by atoms with van der Waals surface area (Å²) < 4.78 is 5.36. The highest BCUT2D eigenvalue weighted by atomic mass is 79.9. The Balaban J connectivity index is 1.40. The zero-order valence-corrected chi connectivity index (χ0v) is 18.9. The Kier molecular flexibility index (Phi) is 6.47. The normalized spacial score (nSPS) is 14.7. The molecule has 2 aromatic carbocycles. The first-order chi connectivity index (χ1) is 14.1. The second kappa shape index (κ2) is 9.24. The maximum Gasteiger partial charge on any atom is 0.255 e. The zero-order chi connectivity index (χ0) is 20.2. The van der Waals surface area contributed by atoms with Crippen molar-refractivity contribution in [2.24, 2.45) is 0 Å². The minimum atomic E-state index is 0.0695. The summed E-state index contributed by atoms with van der Waals surface area (Å²) in [6, 6.07) is 15.4. The van der Waals surface area contributed by atoms with Gasteiger partial charge in [0.25, 0.3) is 5.91 Å². The number of rotatable bonds is 4. The number of hydrogen-bond donors (Lipinski definition) is 0. The molecule has 5 nitrogen and oxygen atoms in total. The van der Waals surface area contributed by atoms with E-state index >= 15 is 0 Å². The van der Waals surface area contributed by atoms with Crippen molar-refractivity contribution < 1.29 is 4.79 Å². The second-order valence-corrected chi connectivity index (χ2v) is 8.93. The maximum absolute atomic E-state index is 12.9. The molecule has 1 aliphatic heterocycles. The molecule has 4 rings (SSSR count). The number of carbonyl (C=O) groups is 1. The van der Waals surface area contributed by atoms with Crippen molar-refractivity contribution in [2.75, 3.05) is 31.1 Å². The predicted molar refractivity (Wildman–Crippen MR) is 121 cm³/mol. The molecule has 0 bridgehead atoms. The molecule has 0 unspecified atom stereocenters. The summed E-state index contributed by atoms with van der Waals surface area (Å²) in [5.41, 5.74) is 1.85. The van der Waals surface area contributed by atoms with Crippen LogP contribution in [0.1, 0.15) is 28.2 Å². The van der Waals surface area contributed by atoms with Gasteiger partial charge < -0.3 is 9.80 Å². The van der Waals surface area contributed by atoms with Gasteiger partial charge in [-0.15, -0.1) is 0 Å². The van der Waals surface area contributed by atoms with Crippen LogP contribution in [0.25, 0.3) is 0 Å². The van der Waals surface area contributed by atoms with Gasteiger partial charge in [-0.05, 0) is 52.2 Å². The van der Waals surface area contributed by atoms with Crippen LogP contribution in [0.4, 0.5) is 5.13 Å². The highest BCUT2D eigenvalue weighted by molar-refractivity contribution is 9.10. The number of nitrogens with zero attached hydrogens (tertiary/aromatic N) is 4. The summed E-state index contributed by atoms with van der Waals surface area (Å²) in [7, 11) is 0. The molecular weight excluding hydrogens is 472 g/mol. The van der Waals surface area contributed by atoms with Gasteiger partial charge in [0.05, 0.1) is 5.56 Å². The molecule has 2 heterocycles. The molecule has 1 fully saturated rings. The van der Waals surface area contributed by atoms with Gasteiger partial charge in [-0.1, -0.05) is 35.9 Å². The zero-order valence-electron chi connectivity index (χ0n) is 15.7. The summed E-state index contributed by atoms with van der Waals surface area (Å²) in [5, 5.41) is 1.65. The first-order valence-corrected chi connectivity index (χ1v) is 11.4. The first-order valence-electron chi connectivity index (χ1n) is 9.46. The third-order valence-corrected chi connectivity index (χ3v) is 6.65. The number of hydrogen-bond acceptors (Lipinski definition) is 5. The van der Waals surface area contributed by atoms with Crippen molar-refractivity contribution in [1.29, 1.82) is 0 Å². The maximum atomic E-state index is 12.9. The van der Waals surface area contributed by atoms with E-state index in [1.54, 1.807) is 0 Å². The summed E-state index contributed by atoms with van der Waals surface area (Å²) in [6.07, 6.45) is 1.59. The lowest BCUT2D eigenvalue weighted by atomic mass is 10.1. The largest absolute Gasteiger partial charge is 0.345 e. The number of halogens is 2. The summed E-state index contributed by atoms with van der Waals surface area (Å²) in [6.45, 7) is 3.04. The van der Waals surface area contributed by atoms with Gasteiger partial charge in [-0.2, -0.15) is 4.37 Å². The fourth-order valence-corrected chi connectivity index (χ4v) is 4.66. The number of amides is 1. The molecule has 150 valence electrons. The number of anilines is 1. The lowest BCUT2D eigenvalue weighted by molar-refractivity contribution is 0.0766. The van der Waals surface area contributed by atoms with Gasteiger partial charge in [-0.25, -0.2) is 4.98 Å². The van der Waals surface area contributed by atoms with E-state index in [1.807, 2.05) is 53.4 Å². The van der Waals surface area contributed by atoms with E-state index in [2.05, 4.69) is 25.2 Å². The summed E-state index contributed by atoms with van der Waals surface area (Å²) in [5.74, 6) is 0.887. The summed E-state index contributed by atoms with van der Waals surface area (Å²) >= 11 is 10.9. The molecule has 8 heteroatoms. The van der Waals surface area contributed by atoms with Crippen molar-refractivity contribution in [1.82, 2.24) is 14.3 Å². The van der Waals surface area contributed by atoms with Crippen molar-refractivity contribution in [2.45, 2.75) is 12.8 Å². The molecule has 0 saturated carbocycles. The topological polar surface area (TPSA) is 49.3 Å². The molecule has 0 spiro atoms. The van der Waals surface area contributed by atoms with Gasteiger partial charge in [0.1, 0.15) is 5.82 Å². The Morgan fingerprint density at radius 3 is 2.66 bits per heavy atom. The van der Waals surface area contributed by atoms with Crippen molar-refractivity contribution >= 4 is 50.1 Å². The lowest BCUT2D eigenvalue weighted by Gasteiger charge is -2.22. The van der Waals surface area contributed by atoms with Crippen LogP contribution in [0.15, 0.2) is 53.0 Å². The number of carbonyl (C=O) groups excluding carboxylic acids is 1. The smallest absolute Gasteiger partial charge is 0.255 e. The second-order valence-electron chi connectivity index (χ2n) is 6.91. The molecule has 1 aromatic heterocycles. The van der Waals surface area contributed by atoms with Gasteiger partial charge in [-0.3, -0.25) is 4.79 Å². The van der Waals surface area contributed by atoms with Gasteiger partial charge >= 0.3 is 0 Å². The van der Waals surface area contributed by atoms with Crippen molar-refractivity contribution in [3.05, 3.63) is 75.0 Å². The van der Waals surface area contributed by atoms with E-state index in [0.29, 0.717) is 18.5 Å². The van der Waals surface area contributed by atoms with Crippen LogP contribution in [-0.2, 0) is 6.42 Å². The molecule has 1 aliphatic rings. The Morgan fingerprint density at radius 2 is 1.86 bits per heavy atom. The minimum Gasteiger partial charge on any atom is -0.345 e. The Labute approximate surface area is 187 Å². The molecule has 0 atom stereocenters. The fraction of sp³-hybridized carbons (Fsp3) is 0.286. The molecular formula is C21H20BrClN4OS. The SMILES string of the molecule is O=C(c1ccccc1Br)N1CCCN(c2nc(Cc3ccc(Cl)cc3)ns2)CC1. The Hall–Kier alpha value is -1.96. The average Bonchev–Trinajstić information content (AvgIpc) is 3.04. The third kappa shape index (κ3) is 4.97. The first kappa shape index (κ1) is 20.3. The van der Waals surface area contributed by atoms with Crippen LogP contribution in [0.3, 0.4) is 0 Å². The van der Waals surface area contributed by atoms with Crippen LogP contribution in [-0.4, -0.2) is 46.3 Å². The summed E-state index contributed by atoms with van der Waals surface area (Å²) in [4.78, 5) is 21.8. The fourth-order valence-electron chi connectivity index (χ4n) is 3.35. The molecule has 3 aromatic rings. The Bertz CT molecular complexity index is 994. The van der Waals surface area contributed by atoms with Gasteiger partial charge in [0.2, 0.25) is 5.13 Å². The Morgan fingerprint density at radius 1 is 1.07 bits per heavy atom. The van der Waals surface area contributed by atoms with Crippen LogP contribution < -0.4 is 4.90 Å². The lowest BCUT2D eigenvalue weighted by Crippen LogP contribution is -2.35. The van der Waals surface area contributed by atoms with Crippen LogP contribution >= 0.6 is 39.1 Å². The highest BCUT2D eigenvalue weighted by Gasteiger charge is 2.23. The van der Waals surface area contributed by atoms with Gasteiger partial charge in [0.15, 0.2) is 0 Å². The number of benzene rings is 2. The van der Waals surface area contributed by atoms with E-state index in [1.165, 1.54) is 11.5 Å². The van der Waals surface area contributed by atoms with Crippen molar-refractivity contribution in [3.63, 3.8) is 0 Å². The molecule has 0 N–H and O–H groups in total. The number of aromatic nitrogens is 2. The van der Waals surface area contributed by atoms with E-state index < -0.39 is 0 Å². The monoisotopic (exact) mass is 490 g/mol. The molecule has 1 amide bonds. The van der Waals surface area contributed by atoms with Gasteiger partial charge in [0, 0.05) is 53.6 Å². The van der Waals surface area contributed by atoms with Crippen LogP contribution in [0.2, 0.25) is 5.02 Å². The minimum absolute atomic E-state index is 0.0695. The highest BCUT2D eigenvalue weighted by Crippen LogP contribution is 2.23. The third-order valence-electron chi connectivity index (χ3n) is 4.89. The quantitative estimate of drug-likeness (QED) is 0.521.